The van der Waals surface area contributed by atoms with Crippen molar-refractivity contribution in [2.24, 2.45) is 0 Å². The number of hydrogen-bond acceptors (Lipinski definition) is 2. The predicted octanol–water partition coefficient (Wildman–Crippen LogP) is 4.13. The third-order valence-corrected chi connectivity index (χ3v) is 4.43. The summed E-state index contributed by atoms with van der Waals surface area (Å²) in [5.74, 6) is 0. The van der Waals surface area contributed by atoms with Crippen LogP contribution < -0.4 is 0 Å². The molecule has 0 unspecified atom stereocenters. The number of carbonyl (C=O) groups excluding carboxylic acids is 1. The maximum absolute atomic E-state index is 10.7. The van der Waals surface area contributed by atoms with Gasteiger partial charge in [0.05, 0.1) is 8.81 Å². The van der Waals surface area contributed by atoms with Crippen LogP contribution in [-0.2, 0) is 0 Å². The van der Waals surface area contributed by atoms with Crippen LogP contribution in [0.1, 0.15) is 10.4 Å². The zero-order valence-electron chi connectivity index (χ0n) is 6.38. The molecule has 13 heavy (non-hydrogen) atoms. The topological polar surface area (TPSA) is 17.1 Å². The lowest BCUT2D eigenvalue weighted by atomic mass is 10.2. The van der Waals surface area contributed by atoms with Crippen LogP contribution in [0.4, 0.5) is 0 Å². The van der Waals surface area contributed by atoms with Crippen LogP contribution in [0.25, 0.3) is 10.1 Å². The molecule has 0 fully saturated rings. The number of rotatable bonds is 1. The van der Waals surface area contributed by atoms with Gasteiger partial charge in [-0.3, -0.25) is 4.79 Å². The molecule has 1 aromatic heterocycles. The van der Waals surface area contributed by atoms with E-state index < -0.39 is 0 Å². The summed E-state index contributed by atoms with van der Waals surface area (Å²) in [6.45, 7) is 0. The Kier molecular flexibility index (Phi) is 2.41. The van der Waals surface area contributed by atoms with Gasteiger partial charge in [-0.1, -0.05) is 29.8 Å². The molecule has 4 heteroatoms. The van der Waals surface area contributed by atoms with Crippen molar-refractivity contribution in [3.05, 3.63) is 32.6 Å². The number of fused-ring (bicyclic) bond motifs is 1. The fraction of sp³-hybridized carbons (Fsp3) is 0. The van der Waals surface area contributed by atoms with Crippen LogP contribution >= 0.6 is 38.9 Å². The number of hydrogen-bond donors (Lipinski definition) is 0. The number of thiophene rings is 1. The average molecular weight is 276 g/mol. The van der Waals surface area contributed by atoms with E-state index in [1.807, 2.05) is 12.1 Å². The number of carbonyl (C=O) groups is 1. The third-order valence-electron chi connectivity index (χ3n) is 1.77. The summed E-state index contributed by atoms with van der Waals surface area (Å²) < 4.78 is 1.81. The lowest BCUT2D eigenvalue weighted by Crippen LogP contribution is -1.77. The van der Waals surface area contributed by atoms with Crippen molar-refractivity contribution >= 4 is 55.2 Å². The smallest absolute Gasteiger partial charge is 0.151 e. The number of benzene rings is 1. The molecular formula is C9H4BrClOS. The van der Waals surface area contributed by atoms with Crippen molar-refractivity contribution < 1.29 is 4.79 Å². The zero-order valence-corrected chi connectivity index (χ0v) is 9.54. The standard InChI is InChI=1S/C9H4BrClOS/c10-9-7(11)6-3-1-2-5(4-12)8(6)13-9/h1-4H. The highest BCUT2D eigenvalue weighted by Gasteiger charge is 2.09. The van der Waals surface area contributed by atoms with Gasteiger partial charge >= 0.3 is 0 Å². The Morgan fingerprint density at radius 2 is 2.23 bits per heavy atom. The molecule has 0 aliphatic rings. The summed E-state index contributed by atoms with van der Waals surface area (Å²) in [7, 11) is 0. The van der Waals surface area contributed by atoms with Crippen molar-refractivity contribution in [1.29, 1.82) is 0 Å². The van der Waals surface area contributed by atoms with Gasteiger partial charge in [-0.25, -0.2) is 0 Å². The highest BCUT2D eigenvalue weighted by Crippen LogP contribution is 2.40. The van der Waals surface area contributed by atoms with Crippen molar-refractivity contribution in [3.63, 3.8) is 0 Å². The lowest BCUT2D eigenvalue weighted by Gasteiger charge is -1.92. The molecule has 66 valence electrons. The first-order valence-electron chi connectivity index (χ1n) is 3.55. The normalized spacial score (nSPS) is 10.6. The maximum atomic E-state index is 10.7. The molecule has 0 bridgehead atoms. The maximum Gasteiger partial charge on any atom is 0.151 e. The van der Waals surface area contributed by atoms with Crippen molar-refractivity contribution in [2.45, 2.75) is 0 Å². The van der Waals surface area contributed by atoms with Crippen LogP contribution in [0.2, 0.25) is 5.02 Å². The van der Waals surface area contributed by atoms with Gasteiger partial charge in [0.25, 0.3) is 0 Å². The molecular weight excluding hydrogens is 272 g/mol. The summed E-state index contributed by atoms with van der Waals surface area (Å²) in [6.07, 6.45) is 0.849. The zero-order chi connectivity index (χ0) is 9.42. The monoisotopic (exact) mass is 274 g/mol. The Balaban J connectivity index is 2.92. The number of halogens is 2. The van der Waals surface area contributed by atoms with Crippen molar-refractivity contribution in [3.8, 4) is 0 Å². The lowest BCUT2D eigenvalue weighted by molar-refractivity contribution is 0.112. The predicted molar refractivity (Wildman–Crippen MR) is 59.9 cm³/mol. The van der Waals surface area contributed by atoms with Crippen LogP contribution in [0.15, 0.2) is 22.0 Å². The largest absolute Gasteiger partial charge is 0.298 e. The van der Waals surface area contributed by atoms with Gasteiger partial charge < -0.3 is 0 Å². The second-order valence-electron chi connectivity index (χ2n) is 2.53. The fourth-order valence-electron chi connectivity index (χ4n) is 1.17. The minimum absolute atomic E-state index is 0.684. The van der Waals surface area contributed by atoms with Gasteiger partial charge in [0.1, 0.15) is 0 Å². The van der Waals surface area contributed by atoms with E-state index in [9.17, 15) is 4.79 Å². The van der Waals surface area contributed by atoms with Crippen LogP contribution in [0.3, 0.4) is 0 Å². The van der Waals surface area contributed by atoms with Gasteiger partial charge in [-0.05, 0) is 15.9 Å². The summed E-state index contributed by atoms with van der Waals surface area (Å²) in [6, 6.07) is 5.53. The molecule has 0 saturated heterocycles. The van der Waals surface area contributed by atoms with E-state index in [4.69, 9.17) is 11.6 Å². The van der Waals surface area contributed by atoms with E-state index in [2.05, 4.69) is 15.9 Å². The quantitative estimate of drug-likeness (QED) is 0.715. The van der Waals surface area contributed by atoms with E-state index in [0.29, 0.717) is 10.6 Å². The first-order valence-corrected chi connectivity index (χ1v) is 5.54. The molecule has 0 aliphatic carbocycles. The Morgan fingerprint density at radius 1 is 1.46 bits per heavy atom. The molecule has 0 atom stereocenters. The summed E-state index contributed by atoms with van der Waals surface area (Å²) in [5.41, 5.74) is 0.690. The van der Waals surface area contributed by atoms with Crippen LogP contribution in [0, 0.1) is 0 Å². The molecule has 1 aromatic carbocycles. The van der Waals surface area contributed by atoms with Gasteiger partial charge in [0.2, 0.25) is 0 Å². The molecule has 0 amide bonds. The second kappa shape index (κ2) is 3.40. The third kappa shape index (κ3) is 1.41. The summed E-state index contributed by atoms with van der Waals surface area (Å²) in [5, 5.41) is 1.62. The molecule has 0 aliphatic heterocycles. The van der Waals surface area contributed by atoms with Crippen LogP contribution in [0.5, 0.6) is 0 Å². The second-order valence-corrected chi connectivity index (χ2v) is 5.25. The summed E-state index contributed by atoms with van der Waals surface area (Å²) in [4.78, 5) is 10.7. The Bertz CT molecular complexity index is 478. The van der Waals surface area contributed by atoms with Crippen LogP contribution in [-0.4, -0.2) is 6.29 Å². The Morgan fingerprint density at radius 3 is 2.92 bits per heavy atom. The Labute approximate surface area is 92.5 Å². The van der Waals surface area contributed by atoms with E-state index in [1.54, 1.807) is 6.07 Å². The first kappa shape index (κ1) is 9.19. The van der Waals surface area contributed by atoms with E-state index >= 15 is 0 Å². The van der Waals surface area contributed by atoms with E-state index in [1.165, 1.54) is 11.3 Å². The first-order chi connectivity index (χ1) is 6.24. The van der Waals surface area contributed by atoms with Gasteiger partial charge in [0.15, 0.2) is 6.29 Å². The van der Waals surface area contributed by atoms with Gasteiger partial charge in [-0.2, -0.15) is 0 Å². The molecule has 0 saturated carbocycles. The minimum atomic E-state index is 0.684. The fourth-order valence-corrected chi connectivity index (χ4v) is 3.10. The highest BCUT2D eigenvalue weighted by atomic mass is 79.9. The molecule has 2 rings (SSSR count). The average Bonchev–Trinajstić information content (AvgIpc) is 2.43. The van der Waals surface area contributed by atoms with Crippen molar-refractivity contribution in [2.75, 3.05) is 0 Å². The summed E-state index contributed by atoms with van der Waals surface area (Å²) >= 11 is 10.8. The molecule has 0 radical (unpaired) electrons. The SMILES string of the molecule is O=Cc1cccc2c(Cl)c(Br)sc12. The molecule has 1 heterocycles. The van der Waals surface area contributed by atoms with Gasteiger partial charge in [-0.15, -0.1) is 11.3 Å². The molecule has 2 aromatic rings. The number of aldehydes is 1. The van der Waals surface area contributed by atoms with Crippen molar-refractivity contribution in [1.82, 2.24) is 0 Å². The minimum Gasteiger partial charge on any atom is -0.298 e. The molecule has 0 spiro atoms. The van der Waals surface area contributed by atoms with E-state index in [-0.39, 0.29) is 0 Å². The molecule has 1 nitrogen and oxygen atoms in total. The van der Waals surface area contributed by atoms with E-state index in [0.717, 1.165) is 20.2 Å². The van der Waals surface area contributed by atoms with Gasteiger partial charge in [0, 0.05) is 15.6 Å². The highest BCUT2D eigenvalue weighted by molar-refractivity contribution is 9.11. The molecule has 0 N–H and O–H groups in total. The Hall–Kier alpha value is -0.380.